The molecule has 1 fully saturated rings. The third-order valence-electron chi connectivity index (χ3n) is 3.74. The van der Waals surface area contributed by atoms with Gasteiger partial charge in [-0.3, -0.25) is 0 Å². The topological polar surface area (TPSA) is 44.8 Å². The van der Waals surface area contributed by atoms with Crippen LogP contribution in [0.5, 0.6) is 5.75 Å². The third kappa shape index (κ3) is 3.85. The zero-order valence-electron chi connectivity index (χ0n) is 12.8. The fourth-order valence-electron chi connectivity index (χ4n) is 2.24. The van der Waals surface area contributed by atoms with Crippen molar-refractivity contribution in [3.8, 4) is 5.75 Å². The molecule has 1 aliphatic rings. The summed E-state index contributed by atoms with van der Waals surface area (Å²) < 4.78 is 16.2. The lowest BCUT2D eigenvalue weighted by Crippen LogP contribution is -2.33. The highest BCUT2D eigenvalue weighted by Gasteiger charge is 2.39. The number of cyclic esters (lactones) is 1. The average molecular weight is 290 g/mol. The van der Waals surface area contributed by atoms with Crippen LogP contribution in [0, 0.1) is 5.41 Å². The van der Waals surface area contributed by atoms with Crippen molar-refractivity contribution in [3.63, 3.8) is 0 Å². The number of hydrogen-bond donors (Lipinski definition) is 0. The Morgan fingerprint density at radius 3 is 2.52 bits per heavy atom. The van der Waals surface area contributed by atoms with Crippen LogP contribution in [-0.2, 0) is 20.9 Å². The van der Waals surface area contributed by atoms with Gasteiger partial charge in [0.05, 0.1) is 20.3 Å². The number of carbonyl (C=O) groups excluding carboxylic acids is 1. The Morgan fingerprint density at radius 2 is 2.00 bits per heavy atom. The molecule has 1 heterocycles. The first-order valence-corrected chi connectivity index (χ1v) is 7.02. The standard InChI is InChI=1S/C17H22O4/c1-12-9-15(21-16(12)18)17(2,3)11-20-10-13-5-7-14(19-4)8-6-13/h5-8,15H,1,9-11H2,2-4H3/t15-/m1/s1. The Bertz CT molecular complexity index is 500. The van der Waals surface area contributed by atoms with E-state index in [1.54, 1.807) is 7.11 Å². The van der Waals surface area contributed by atoms with E-state index in [0.717, 1.165) is 11.3 Å². The second-order valence-corrected chi connectivity index (χ2v) is 6.03. The van der Waals surface area contributed by atoms with E-state index in [0.29, 0.717) is 25.2 Å². The smallest absolute Gasteiger partial charge is 0.333 e. The van der Waals surface area contributed by atoms with Crippen molar-refractivity contribution in [1.82, 2.24) is 0 Å². The maximum Gasteiger partial charge on any atom is 0.333 e. The first kappa shape index (κ1) is 15.6. The molecule has 4 heteroatoms. The van der Waals surface area contributed by atoms with Crippen LogP contribution in [0.1, 0.15) is 25.8 Å². The second kappa shape index (κ2) is 6.31. The number of ether oxygens (including phenoxy) is 3. The predicted molar refractivity (Wildman–Crippen MR) is 80.1 cm³/mol. The highest BCUT2D eigenvalue weighted by molar-refractivity contribution is 5.90. The second-order valence-electron chi connectivity index (χ2n) is 6.03. The highest BCUT2D eigenvalue weighted by Crippen LogP contribution is 2.33. The molecule has 0 N–H and O–H groups in total. The van der Waals surface area contributed by atoms with Crippen LogP contribution in [0.3, 0.4) is 0 Å². The minimum absolute atomic E-state index is 0.159. The molecule has 1 aliphatic heterocycles. The summed E-state index contributed by atoms with van der Waals surface area (Å²) in [6.07, 6.45) is 0.422. The minimum Gasteiger partial charge on any atom is -0.497 e. The number of rotatable bonds is 6. The average Bonchev–Trinajstić information content (AvgIpc) is 2.80. The Labute approximate surface area is 125 Å². The Hall–Kier alpha value is -1.81. The molecule has 114 valence electrons. The van der Waals surface area contributed by atoms with Crippen LogP contribution in [0.25, 0.3) is 0 Å². The van der Waals surface area contributed by atoms with E-state index in [1.165, 1.54) is 0 Å². The first-order valence-electron chi connectivity index (χ1n) is 7.02. The quantitative estimate of drug-likeness (QED) is 0.596. The van der Waals surface area contributed by atoms with Crippen molar-refractivity contribution in [2.75, 3.05) is 13.7 Å². The van der Waals surface area contributed by atoms with Crippen molar-refractivity contribution in [1.29, 1.82) is 0 Å². The fourth-order valence-corrected chi connectivity index (χ4v) is 2.24. The number of esters is 1. The van der Waals surface area contributed by atoms with Gasteiger partial charge in [0, 0.05) is 17.4 Å². The van der Waals surface area contributed by atoms with E-state index in [1.807, 2.05) is 38.1 Å². The lowest BCUT2D eigenvalue weighted by molar-refractivity contribution is -0.145. The number of benzene rings is 1. The molecule has 1 saturated heterocycles. The van der Waals surface area contributed by atoms with E-state index in [2.05, 4.69) is 6.58 Å². The van der Waals surface area contributed by atoms with Gasteiger partial charge in [-0.2, -0.15) is 0 Å². The summed E-state index contributed by atoms with van der Waals surface area (Å²) in [5.41, 5.74) is 1.39. The molecule has 0 saturated carbocycles. The molecule has 21 heavy (non-hydrogen) atoms. The van der Waals surface area contributed by atoms with Gasteiger partial charge in [0.25, 0.3) is 0 Å². The summed E-state index contributed by atoms with van der Waals surface area (Å²) in [5.74, 6) is 0.540. The summed E-state index contributed by atoms with van der Waals surface area (Å²) in [6, 6.07) is 7.77. The summed E-state index contributed by atoms with van der Waals surface area (Å²) in [7, 11) is 1.64. The maximum absolute atomic E-state index is 11.4. The van der Waals surface area contributed by atoms with E-state index < -0.39 is 0 Å². The molecule has 0 amide bonds. The molecule has 0 unspecified atom stereocenters. The molecular weight excluding hydrogens is 268 g/mol. The van der Waals surface area contributed by atoms with Crippen LogP contribution < -0.4 is 4.74 Å². The molecule has 1 aromatic carbocycles. The predicted octanol–water partition coefficient (Wildman–Crippen LogP) is 3.11. The van der Waals surface area contributed by atoms with Gasteiger partial charge in [0.15, 0.2) is 0 Å². The molecule has 2 rings (SSSR count). The molecular formula is C17H22O4. The zero-order chi connectivity index (χ0) is 15.5. The largest absolute Gasteiger partial charge is 0.497 e. The van der Waals surface area contributed by atoms with Crippen LogP contribution >= 0.6 is 0 Å². The van der Waals surface area contributed by atoms with Crippen molar-refractivity contribution in [2.45, 2.75) is 33.0 Å². The van der Waals surface area contributed by atoms with Gasteiger partial charge in [0.1, 0.15) is 11.9 Å². The Morgan fingerprint density at radius 1 is 1.33 bits per heavy atom. The molecule has 1 aromatic rings. The van der Waals surface area contributed by atoms with E-state index in [4.69, 9.17) is 14.2 Å². The lowest BCUT2D eigenvalue weighted by atomic mass is 9.85. The molecule has 1 atom stereocenters. The van der Waals surface area contributed by atoms with Crippen molar-refractivity contribution in [3.05, 3.63) is 42.0 Å². The molecule has 0 radical (unpaired) electrons. The van der Waals surface area contributed by atoms with E-state index in [-0.39, 0.29) is 17.5 Å². The SMILES string of the molecule is C=C1C[C@H](C(C)(C)COCc2ccc(OC)cc2)OC1=O. The van der Waals surface area contributed by atoms with Gasteiger partial charge < -0.3 is 14.2 Å². The van der Waals surface area contributed by atoms with Gasteiger partial charge in [0.2, 0.25) is 0 Å². The minimum atomic E-state index is -0.289. The molecule has 0 spiro atoms. The summed E-state index contributed by atoms with van der Waals surface area (Å²) in [4.78, 5) is 11.4. The van der Waals surface area contributed by atoms with Crippen LogP contribution in [0.4, 0.5) is 0 Å². The van der Waals surface area contributed by atoms with Gasteiger partial charge in [-0.15, -0.1) is 0 Å². The van der Waals surface area contributed by atoms with Crippen LogP contribution in [-0.4, -0.2) is 25.8 Å². The normalized spacial score (nSPS) is 18.7. The summed E-state index contributed by atoms with van der Waals surface area (Å²) in [5, 5.41) is 0. The van der Waals surface area contributed by atoms with Gasteiger partial charge in [-0.1, -0.05) is 32.6 Å². The van der Waals surface area contributed by atoms with Crippen molar-refractivity contribution < 1.29 is 19.0 Å². The third-order valence-corrected chi connectivity index (χ3v) is 3.74. The summed E-state index contributed by atoms with van der Waals surface area (Å²) in [6.45, 7) is 8.84. The first-order chi connectivity index (χ1) is 9.92. The molecule has 0 aliphatic carbocycles. The maximum atomic E-state index is 11.4. The van der Waals surface area contributed by atoms with E-state index >= 15 is 0 Å². The Balaban J connectivity index is 1.84. The Kier molecular flexibility index (Phi) is 4.68. The molecule has 0 aromatic heterocycles. The number of methoxy groups -OCH3 is 1. The van der Waals surface area contributed by atoms with Gasteiger partial charge >= 0.3 is 5.97 Å². The number of hydrogen-bond acceptors (Lipinski definition) is 4. The fraction of sp³-hybridized carbons (Fsp3) is 0.471. The molecule has 0 bridgehead atoms. The summed E-state index contributed by atoms with van der Waals surface area (Å²) >= 11 is 0. The van der Waals surface area contributed by atoms with Gasteiger partial charge in [-0.05, 0) is 17.7 Å². The molecule has 4 nitrogen and oxygen atoms in total. The van der Waals surface area contributed by atoms with Crippen LogP contribution in [0.2, 0.25) is 0 Å². The van der Waals surface area contributed by atoms with Gasteiger partial charge in [-0.25, -0.2) is 4.79 Å². The monoisotopic (exact) mass is 290 g/mol. The lowest BCUT2D eigenvalue weighted by Gasteiger charge is -2.29. The zero-order valence-corrected chi connectivity index (χ0v) is 12.8. The highest BCUT2D eigenvalue weighted by atomic mass is 16.6. The van der Waals surface area contributed by atoms with Crippen molar-refractivity contribution in [2.24, 2.45) is 5.41 Å². The van der Waals surface area contributed by atoms with Crippen LogP contribution in [0.15, 0.2) is 36.4 Å². The van der Waals surface area contributed by atoms with Crippen molar-refractivity contribution >= 4 is 5.97 Å². The number of carbonyl (C=O) groups is 1. The van der Waals surface area contributed by atoms with E-state index in [9.17, 15) is 4.79 Å².